The predicted octanol–water partition coefficient (Wildman–Crippen LogP) is 6.49. The van der Waals surface area contributed by atoms with Gasteiger partial charge in [0, 0.05) is 16.8 Å². The van der Waals surface area contributed by atoms with Crippen LogP contribution in [0.15, 0.2) is 84.9 Å². The van der Waals surface area contributed by atoms with Crippen LogP contribution in [-0.4, -0.2) is 0 Å². The van der Waals surface area contributed by atoms with Crippen molar-refractivity contribution in [3.63, 3.8) is 0 Å². The van der Waals surface area contributed by atoms with Crippen LogP contribution in [0.4, 0.5) is 11.4 Å². The molecule has 4 N–H and O–H groups in total. The van der Waals surface area contributed by atoms with E-state index in [-0.39, 0.29) is 5.41 Å². The molecule has 0 saturated heterocycles. The number of fused-ring (bicyclic) bond motifs is 3. The van der Waals surface area contributed by atoms with Gasteiger partial charge in [0.25, 0.3) is 0 Å². The van der Waals surface area contributed by atoms with Crippen LogP contribution in [0.5, 0.6) is 0 Å². The lowest BCUT2D eigenvalue weighted by atomic mass is 9.78. The van der Waals surface area contributed by atoms with Gasteiger partial charge in [-0.25, -0.2) is 0 Å². The maximum absolute atomic E-state index is 6.24. The zero-order valence-corrected chi connectivity index (χ0v) is 16.7. The highest BCUT2D eigenvalue weighted by Crippen LogP contribution is 2.53. The molecule has 0 fully saturated rings. The van der Waals surface area contributed by atoms with E-state index in [1.165, 1.54) is 33.4 Å². The Hall–Kier alpha value is -3.52. The molecule has 0 amide bonds. The summed E-state index contributed by atoms with van der Waals surface area (Å²) in [5.74, 6) is 0. The first-order chi connectivity index (χ1) is 14.0. The Kier molecular flexibility index (Phi) is 3.78. The predicted molar refractivity (Wildman–Crippen MR) is 124 cm³/mol. The maximum atomic E-state index is 6.24. The summed E-state index contributed by atoms with van der Waals surface area (Å²) in [4.78, 5) is 0. The van der Waals surface area contributed by atoms with E-state index in [9.17, 15) is 0 Å². The van der Waals surface area contributed by atoms with Crippen molar-refractivity contribution in [3.8, 4) is 33.4 Å². The molecule has 2 heteroatoms. The Morgan fingerprint density at radius 3 is 1.93 bits per heavy atom. The van der Waals surface area contributed by atoms with Crippen molar-refractivity contribution in [1.82, 2.24) is 0 Å². The molecule has 0 saturated carbocycles. The lowest BCUT2D eigenvalue weighted by Crippen LogP contribution is -2.16. The molecule has 0 atom stereocenters. The number of rotatable bonds is 2. The molecule has 4 aromatic rings. The first kappa shape index (κ1) is 17.6. The highest BCUT2D eigenvalue weighted by molar-refractivity contribution is 5.93. The molecular weight excluding hydrogens is 352 g/mol. The molecular formula is C27H24N2. The first-order valence-electron chi connectivity index (χ1n) is 9.96. The van der Waals surface area contributed by atoms with Crippen LogP contribution in [-0.2, 0) is 5.41 Å². The summed E-state index contributed by atoms with van der Waals surface area (Å²) in [6.07, 6.45) is 0. The van der Waals surface area contributed by atoms with E-state index in [0.717, 1.165) is 22.5 Å². The van der Waals surface area contributed by atoms with Crippen molar-refractivity contribution in [1.29, 1.82) is 0 Å². The van der Waals surface area contributed by atoms with Gasteiger partial charge in [-0.15, -0.1) is 0 Å². The number of benzene rings is 4. The van der Waals surface area contributed by atoms with E-state index in [2.05, 4.69) is 80.6 Å². The number of hydrogen-bond acceptors (Lipinski definition) is 2. The maximum Gasteiger partial charge on any atom is 0.0320 e. The minimum atomic E-state index is -0.0779. The van der Waals surface area contributed by atoms with E-state index in [0.29, 0.717) is 0 Å². The summed E-state index contributed by atoms with van der Waals surface area (Å²) in [7, 11) is 0. The second-order valence-electron chi connectivity index (χ2n) is 8.33. The summed E-state index contributed by atoms with van der Waals surface area (Å²) in [5.41, 5.74) is 23.7. The van der Waals surface area contributed by atoms with Crippen molar-refractivity contribution < 1.29 is 0 Å². The quantitative estimate of drug-likeness (QED) is 0.393. The third kappa shape index (κ3) is 2.64. The minimum Gasteiger partial charge on any atom is -0.399 e. The van der Waals surface area contributed by atoms with Crippen molar-refractivity contribution in [3.05, 3.63) is 96.1 Å². The number of anilines is 2. The van der Waals surface area contributed by atoms with Gasteiger partial charge in [-0.2, -0.15) is 0 Å². The molecule has 5 rings (SSSR count). The monoisotopic (exact) mass is 376 g/mol. The molecule has 1 aliphatic rings. The third-order valence-electron chi connectivity index (χ3n) is 6.14. The Bertz CT molecular complexity index is 1230. The molecule has 142 valence electrons. The summed E-state index contributed by atoms with van der Waals surface area (Å²) in [6.45, 7) is 4.63. The average molecular weight is 377 g/mol. The van der Waals surface area contributed by atoms with Gasteiger partial charge in [0.2, 0.25) is 0 Å². The van der Waals surface area contributed by atoms with Gasteiger partial charge in [-0.1, -0.05) is 74.5 Å². The van der Waals surface area contributed by atoms with Crippen LogP contribution < -0.4 is 11.5 Å². The lowest BCUT2D eigenvalue weighted by Gasteiger charge is -2.25. The van der Waals surface area contributed by atoms with Crippen LogP contribution in [0.2, 0.25) is 0 Å². The van der Waals surface area contributed by atoms with Gasteiger partial charge >= 0.3 is 0 Å². The van der Waals surface area contributed by atoms with E-state index in [1.807, 2.05) is 18.2 Å². The molecule has 0 bridgehead atoms. The van der Waals surface area contributed by atoms with Crippen LogP contribution in [0, 0.1) is 0 Å². The summed E-state index contributed by atoms with van der Waals surface area (Å²) in [5, 5.41) is 0. The van der Waals surface area contributed by atoms with Gasteiger partial charge < -0.3 is 11.5 Å². The van der Waals surface area contributed by atoms with Gasteiger partial charge in [-0.05, 0) is 68.8 Å². The highest BCUT2D eigenvalue weighted by atomic mass is 14.5. The van der Waals surface area contributed by atoms with Crippen molar-refractivity contribution in [2.75, 3.05) is 11.5 Å². The number of nitrogens with two attached hydrogens (primary N) is 2. The smallest absolute Gasteiger partial charge is 0.0320 e. The van der Waals surface area contributed by atoms with E-state index < -0.39 is 0 Å². The Morgan fingerprint density at radius 2 is 1.17 bits per heavy atom. The normalized spacial score (nSPS) is 13.7. The molecule has 4 aromatic carbocycles. The third-order valence-corrected chi connectivity index (χ3v) is 6.14. The van der Waals surface area contributed by atoms with Crippen LogP contribution in [0.1, 0.15) is 25.0 Å². The lowest BCUT2D eigenvalue weighted by molar-refractivity contribution is 0.662. The Balaban J connectivity index is 1.80. The zero-order chi connectivity index (χ0) is 20.2. The summed E-state index contributed by atoms with van der Waals surface area (Å²) >= 11 is 0. The Labute approximate surface area is 171 Å². The molecule has 29 heavy (non-hydrogen) atoms. The molecule has 0 heterocycles. The average Bonchev–Trinajstić information content (AvgIpc) is 2.97. The molecule has 1 aliphatic carbocycles. The topological polar surface area (TPSA) is 52.0 Å². The van der Waals surface area contributed by atoms with E-state index in [4.69, 9.17) is 11.5 Å². The molecule has 0 aromatic heterocycles. The SMILES string of the molecule is CC1(C)c2ccccc2-c2cccc(-c3cc(N)ccc3-c3ccc(N)cc3)c21. The van der Waals surface area contributed by atoms with Crippen LogP contribution in [0.25, 0.3) is 33.4 Å². The van der Waals surface area contributed by atoms with Gasteiger partial charge in [0.05, 0.1) is 0 Å². The highest BCUT2D eigenvalue weighted by Gasteiger charge is 2.37. The fourth-order valence-electron chi connectivity index (χ4n) is 4.77. The summed E-state index contributed by atoms with van der Waals surface area (Å²) in [6, 6.07) is 29.6. The van der Waals surface area contributed by atoms with Crippen LogP contribution in [0.3, 0.4) is 0 Å². The van der Waals surface area contributed by atoms with Crippen LogP contribution >= 0.6 is 0 Å². The number of hydrogen-bond donors (Lipinski definition) is 2. The van der Waals surface area contributed by atoms with Crippen molar-refractivity contribution in [2.45, 2.75) is 19.3 Å². The second-order valence-corrected chi connectivity index (χ2v) is 8.33. The minimum absolute atomic E-state index is 0.0779. The summed E-state index contributed by atoms with van der Waals surface area (Å²) < 4.78 is 0. The standard InChI is InChI=1S/C27H24N2/c1-27(2)25-9-4-3-6-21(25)22-7-5-8-23(26(22)27)24-16-19(29)14-15-20(24)17-10-12-18(28)13-11-17/h3-16H,28-29H2,1-2H3. The van der Waals surface area contributed by atoms with Crippen molar-refractivity contribution >= 4 is 11.4 Å². The van der Waals surface area contributed by atoms with Gasteiger partial charge in [-0.3, -0.25) is 0 Å². The fraction of sp³-hybridized carbons (Fsp3) is 0.111. The molecule has 0 unspecified atom stereocenters. The number of nitrogen functional groups attached to an aromatic ring is 2. The largest absolute Gasteiger partial charge is 0.399 e. The first-order valence-corrected chi connectivity index (χ1v) is 9.96. The van der Waals surface area contributed by atoms with Gasteiger partial charge in [0.1, 0.15) is 0 Å². The fourth-order valence-corrected chi connectivity index (χ4v) is 4.77. The van der Waals surface area contributed by atoms with E-state index >= 15 is 0 Å². The van der Waals surface area contributed by atoms with Gasteiger partial charge in [0.15, 0.2) is 0 Å². The van der Waals surface area contributed by atoms with Crippen molar-refractivity contribution in [2.24, 2.45) is 0 Å². The second kappa shape index (κ2) is 6.25. The molecule has 0 aliphatic heterocycles. The zero-order valence-electron chi connectivity index (χ0n) is 16.7. The molecule has 0 radical (unpaired) electrons. The Morgan fingerprint density at radius 1 is 0.552 bits per heavy atom. The van der Waals surface area contributed by atoms with E-state index in [1.54, 1.807) is 0 Å². The molecule has 0 spiro atoms. The molecule has 2 nitrogen and oxygen atoms in total.